The van der Waals surface area contributed by atoms with Gasteiger partial charge in [-0.3, -0.25) is 9.69 Å². The maximum Gasteiger partial charge on any atom is 0.325 e. The Labute approximate surface area is 146 Å². The summed E-state index contributed by atoms with van der Waals surface area (Å²) in [4.78, 5) is 22.7. The van der Waals surface area contributed by atoms with Crippen LogP contribution < -0.4 is 0 Å². The van der Waals surface area contributed by atoms with E-state index < -0.39 is 11.4 Å². The number of aliphatic hydroxyl groups excluding tert-OH is 1. The SMILES string of the molecule is O=C(OC1CN2CCC1CC2)C(CO)(c1ccccc1)c1cnc[nH]1. The van der Waals surface area contributed by atoms with Gasteiger partial charge >= 0.3 is 5.97 Å². The Morgan fingerprint density at radius 3 is 2.64 bits per heavy atom. The monoisotopic (exact) mass is 341 g/mol. The molecule has 2 aromatic rings. The number of carbonyl (C=O) groups is 1. The molecule has 3 aliphatic rings. The number of nitrogens with zero attached hydrogens (tertiary/aromatic N) is 2. The third-order valence-corrected chi connectivity index (χ3v) is 5.66. The quantitative estimate of drug-likeness (QED) is 0.802. The van der Waals surface area contributed by atoms with Crippen molar-refractivity contribution in [2.75, 3.05) is 26.2 Å². The number of fused-ring (bicyclic) bond motifs is 3. The number of rotatable bonds is 5. The number of aromatic nitrogens is 2. The van der Waals surface area contributed by atoms with E-state index in [2.05, 4.69) is 14.9 Å². The Hall–Kier alpha value is -2.18. The van der Waals surface area contributed by atoms with E-state index in [1.807, 2.05) is 30.3 Å². The molecule has 0 spiro atoms. The highest BCUT2D eigenvalue weighted by Crippen LogP contribution is 2.35. The summed E-state index contributed by atoms with van der Waals surface area (Å²) in [7, 11) is 0. The highest BCUT2D eigenvalue weighted by Gasteiger charge is 2.47. The summed E-state index contributed by atoms with van der Waals surface area (Å²) in [6.07, 6.45) is 5.14. The molecular formula is C19H23N3O3. The minimum Gasteiger partial charge on any atom is -0.460 e. The van der Waals surface area contributed by atoms with Crippen molar-refractivity contribution in [1.29, 1.82) is 0 Å². The van der Waals surface area contributed by atoms with Gasteiger partial charge in [0.25, 0.3) is 0 Å². The number of H-pyrrole nitrogens is 1. The number of hydrogen-bond acceptors (Lipinski definition) is 5. The van der Waals surface area contributed by atoms with E-state index in [4.69, 9.17) is 4.74 Å². The van der Waals surface area contributed by atoms with Crippen molar-refractivity contribution in [3.63, 3.8) is 0 Å². The molecule has 2 N–H and O–H groups in total. The molecule has 3 fully saturated rings. The van der Waals surface area contributed by atoms with Gasteiger partial charge in [0.2, 0.25) is 0 Å². The summed E-state index contributed by atoms with van der Waals surface area (Å²) in [6, 6.07) is 9.29. The Morgan fingerprint density at radius 1 is 1.32 bits per heavy atom. The molecule has 6 nitrogen and oxygen atoms in total. The van der Waals surface area contributed by atoms with Crippen LogP contribution in [0.5, 0.6) is 0 Å². The number of esters is 1. The Bertz CT molecular complexity index is 711. The summed E-state index contributed by atoms with van der Waals surface area (Å²) in [5.41, 5.74) is -0.0236. The zero-order chi connectivity index (χ0) is 17.3. The van der Waals surface area contributed by atoms with E-state index in [0.29, 0.717) is 17.2 Å². The second-order valence-corrected chi connectivity index (χ2v) is 6.98. The van der Waals surface area contributed by atoms with Gasteiger partial charge in [-0.1, -0.05) is 30.3 Å². The van der Waals surface area contributed by atoms with Crippen LogP contribution in [0.2, 0.25) is 0 Å². The van der Waals surface area contributed by atoms with Crippen molar-refractivity contribution in [2.24, 2.45) is 5.92 Å². The fourth-order valence-corrected chi connectivity index (χ4v) is 4.12. The number of piperidine rings is 3. The first kappa shape index (κ1) is 16.3. The number of ether oxygens (including phenoxy) is 1. The van der Waals surface area contributed by atoms with Gasteiger partial charge in [-0.15, -0.1) is 0 Å². The van der Waals surface area contributed by atoms with Crippen LogP contribution in [0.4, 0.5) is 0 Å². The largest absolute Gasteiger partial charge is 0.460 e. The molecule has 2 bridgehead atoms. The number of nitrogens with one attached hydrogen (secondary N) is 1. The van der Waals surface area contributed by atoms with E-state index in [9.17, 15) is 9.90 Å². The second-order valence-electron chi connectivity index (χ2n) is 6.98. The molecule has 3 aliphatic heterocycles. The van der Waals surface area contributed by atoms with E-state index in [-0.39, 0.29) is 12.7 Å². The minimum absolute atomic E-state index is 0.104. The van der Waals surface area contributed by atoms with Gasteiger partial charge < -0.3 is 14.8 Å². The van der Waals surface area contributed by atoms with E-state index in [1.165, 1.54) is 6.33 Å². The first-order valence-corrected chi connectivity index (χ1v) is 8.82. The molecule has 0 saturated carbocycles. The lowest BCUT2D eigenvalue weighted by atomic mass is 9.78. The zero-order valence-electron chi connectivity index (χ0n) is 14.1. The number of aliphatic hydroxyl groups is 1. The summed E-state index contributed by atoms with van der Waals surface area (Å²) in [5, 5.41) is 10.3. The molecule has 25 heavy (non-hydrogen) atoms. The maximum atomic E-state index is 13.3. The zero-order valence-corrected chi connectivity index (χ0v) is 14.1. The van der Waals surface area contributed by atoms with Crippen molar-refractivity contribution in [2.45, 2.75) is 24.4 Å². The lowest BCUT2D eigenvalue weighted by molar-refractivity contribution is -0.165. The van der Waals surface area contributed by atoms with Crippen LogP contribution in [-0.4, -0.2) is 58.3 Å². The van der Waals surface area contributed by atoms with Crippen LogP contribution in [0.3, 0.4) is 0 Å². The molecule has 6 heteroatoms. The fourth-order valence-electron chi connectivity index (χ4n) is 4.12. The average Bonchev–Trinajstić information content (AvgIpc) is 3.20. The second kappa shape index (κ2) is 6.61. The van der Waals surface area contributed by atoms with Gasteiger partial charge in [0.05, 0.1) is 18.6 Å². The van der Waals surface area contributed by atoms with Gasteiger partial charge in [0.1, 0.15) is 6.10 Å². The van der Waals surface area contributed by atoms with Crippen LogP contribution in [0, 0.1) is 5.92 Å². The molecule has 5 rings (SSSR count). The standard InChI is InChI=1S/C19H23N3O3/c23-12-19(17-10-20-13-21-17,15-4-2-1-3-5-15)18(24)25-16-11-22-8-6-14(16)7-9-22/h1-5,10,13-14,16,23H,6-9,11-12H2,(H,20,21). The topological polar surface area (TPSA) is 78.4 Å². The van der Waals surface area contributed by atoms with Crippen molar-refractivity contribution >= 4 is 5.97 Å². The van der Waals surface area contributed by atoms with Gasteiger partial charge in [0.15, 0.2) is 5.41 Å². The number of hydrogen-bond donors (Lipinski definition) is 2. The van der Waals surface area contributed by atoms with Crippen molar-refractivity contribution in [3.8, 4) is 0 Å². The molecule has 0 aliphatic carbocycles. The van der Waals surface area contributed by atoms with Gasteiger partial charge in [-0.05, 0) is 37.4 Å². The number of aromatic amines is 1. The number of benzene rings is 1. The van der Waals surface area contributed by atoms with Crippen LogP contribution in [0.15, 0.2) is 42.9 Å². The molecule has 4 heterocycles. The van der Waals surface area contributed by atoms with Gasteiger partial charge in [-0.25, -0.2) is 4.98 Å². The Kier molecular flexibility index (Phi) is 4.31. The third kappa shape index (κ3) is 2.75. The van der Waals surface area contributed by atoms with Crippen molar-refractivity contribution in [1.82, 2.24) is 14.9 Å². The first-order chi connectivity index (χ1) is 12.2. The molecule has 0 radical (unpaired) electrons. The van der Waals surface area contributed by atoms with Crippen LogP contribution in [-0.2, 0) is 14.9 Å². The number of carbonyl (C=O) groups excluding carboxylic acids is 1. The van der Waals surface area contributed by atoms with Gasteiger partial charge in [-0.2, -0.15) is 0 Å². The molecule has 2 unspecified atom stereocenters. The lowest BCUT2D eigenvalue weighted by Crippen LogP contribution is -2.54. The van der Waals surface area contributed by atoms with Crippen molar-refractivity contribution < 1.29 is 14.6 Å². The van der Waals surface area contributed by atoms with Gasteiger partial charge in [0, 0.05) is 12.7 Å². The highest BCUT2D eigenvalue weighted by molar-refractivity contribution is 5.87. The van der Waals surface area contributed by atoms with Crippen molar-refractivity contribution in [3.05, 3.63) is 54.1 Å². The molecule has 1 aromatic carbocycles. The number of imidazole rings is 1. The molecular weight excluding hydrogens is 318 g/mol. The predicted octanol–water partition coefficient (Wildman–Crippen LogP) is 1.33. The molecule has 132 valence electrons. The molecule has 1 aromatic heterocycles. The predicted molar refractivity (Wildman–Crippen MR) is 91.9 cm³/mol. The normalized spacial score (nSPS) is 27.6. The maximum absolute atomic E-state index is 13.3. The molecule has 0 amide bonds. The minimum atomic E-state index is -1.27. The average molecular weight is 341 g/mol. The lowest BCUT2D eigenvalue weighted by Gasteiger charge is -2.45. The summed E-state index contributed by atoms with van der Waals surface area (Å²) in [5.74, 6) is 0.00656. The Balaban J connectivity index is 1.67. The first-order valence-electron chi connectivity index (χ1n) is 8.82. The Morgan fingerprint density at radius 2 is 2.08 bits per heavy atom. The van der Waals surface area contributed by atoms with E-state index >= 15 is 0 Å². The smallest absolute Gasteiger partial charge is 0.325 e. The summed E-state index contributed by atoms with van der Waals surface area (Å²) in [6.45, 7) is 2.58. The van der Waals surface area contributed by atoms with Crippen LogP contribution in [0.25, 0.3) is 0 Å². The highest BCUT2D eigenvalue weighted by atomic mass is 16.5. The fraction of sp³-hybridized carbons (Fsp3) is 0.474. The summed E-state index contributed by atoms with van der Waals surface area (Å²) >= 11 is 0. The third-order valence-electron chi connectivity index (χ3n) is 5.66. The molecule has 2 atom stereocenters. The van der Waals surface area contributed by atoms with Crippen LogP contribution >= 0.6 is 0 Å². The summed E-state index contributed by atoms with van der Waals surface area (Å²) < 4.78 is 5.97. The van der Waals surface area contributed by atoms with Crippen LogP contribution in [0.1, 0.15) is 24.1 Å². The van der Waals surface area contributed by atoms with E-state index in [0.717, 1.165) is 32.5 Å². The molecule has 3 saturated heterocycles. The van der Waals surface area contributed by atoms with E-state index in [1.54, 1.807) is 6.20 Å².